The lowest BCUT2D eigenvalue weighted by Gasteiger charge is -2.18. The van der Waals surface area contributed by atoms with E-state index in [1.54, 1.807) is 0 Å². The number of benzene rings is 4. The molecule has 0 aliphatic heterocycles. The quantitative estimate of drug-likeness (QED) is 0.422. The highest BCUT2D eigenvalue weighted by atomic mass is 16.5. The van der Waals surface area contributed by atoms with Crippen molar-refractivity contribution in [3.8, 4) is 5.75 Å². The number of ether oxygens (including phenoxy) is 1. The van der Waals surface area contributed by atoms with Crippen molar-refractivity contribution >= 4 is 16.5 Å². The Balaban J connectivity index is 1.60. The van der Waals surface area contributed by atoms with E-state index in [4.69, 9.17) is 4.74 Å². The average molecular weight is 353 g/mol. The van der Waals surface area contributed by atoms with Gasteiger partial charge < -0.3 is 10.1 Å². The van der Waals surface area contributed by atoms with Gasteiger partial charge in [-0.3, -0.25) is 0 Å². The van der Waals surface area contributed by atoms with Gasteiger partial charge in [0.1, 0.15) is 11.9 Å². The summed E-state index contributed by atoms with van der Waals surface area (Å²) >= 11 is 0. The minimum absolute atomic E-state index is 0.00210. The van der Waals surface area contributed by atoms with Crippen molar-refractivity contribution in [3.63, 3.8) is 0 Å². The fourth-order valence-electron chi connectivity index (χ4n) is 3.30. The Morgan fingerprint density at radius 2 is 1.33 bits per heavy atom. The molecule has 4 aromatic carbocycles. The Bertz CT molecular complexity index is 1010. The molecule has 134 valence electrons. The molecule has 0 spiro atoms. The van der Waals surface area contributed by atoms with Crippen LogP contribution in [0.5, 0.6) is 5.75 Å². The molecule has 4 rings (SSSR count). The second kappa shape index (κ2) is 7.96. The minimum atomic E-state index is -0.00210. The van der Waals surface area contributed by atoms with Crippen molar-refractivity contribution in [1.29, 1.82) is 0 Å². The fourth-order valence-corrected chi connectivity index (χ4v) is 3.30. The monoisotopic (exact) mass is 353 g/mol. The summed E-state index contributed by atoms with van der Waals surface area (Å²) in [5.41, 5.74) is 3.56. The maximum absolute atomic E-state index is 6.30. The van der Waals surface area contributed by atoms with Crippen LogP contribution in [0.25, 0.3) is 10.8 Å². The van der Waals surface area contributed by atoms with Gasteiger partial charge in [-0.25, -0.2) is 0 Å². The van der Waals surface area contributed by atoms with Crippen molar-refractivity contribution in [3.05, 3.63) is 108 Å². The number of hydrogen-bond donors (Lipinski definition) is 1. The van der Waals surface area contributed by atoms with E-state index in [-0.39, 0.29) is 6.10 Å². The molecule has 0 radical (unpaired) electrons. The summed E-state index contributed by atoms with van der Waals surface area (Å²) in [7, 11) is 0. The van der Waals surface area contributed by atoms with Crippen LogP contribution in [0.4, 0.5) is 5.69 Å². The van der Waals surface area contributed by atoms with Gasteiger partial charge in [-0.1, -0.05) is 84.9 Å². The lowest BCUT2D eigenvalue weighted by molar-refractivity contribution is 0.230. The lowest BCUT2D eigenvalue weighted by atomic mass is 10.1. The average Bonchev–Trinajstić information content (AvgIpc) is 2.74. The van der Waals surface area contributed by atoms with Gasteiger partial charge >= 0.3 is 0 Å². The molecule has 1 unspecified atom stereocenters. The molecule has 0 fully saturated rings. The lowest BCUT2D eigenvalue weighted by Crippen LogP contribution is -2.04. The molecule has 0 amide bonds. The second-order valence-corrected chi connectivity index (χ2v) is 6.67. The minimum Gasteiger partial charge on any atom is -0.485 e. The van der Waals surface area contributed by atoms with E-state index < -0.39 is 0 Å². The summed E-state index contributed by atoms with van der Waals surface area (Å²) < 4.78 is 6.30. The Morgan fingerprint density at radius 1 is 0.704 bits per heavy atom. The first kappa shape index (κ1) is 17.2. The van der Waals surface area contributed by atoms with E-state index in [0.29, 0.717) is 0 Å². The first-order chi connectivity index (χ1) is 13.3. The summed E-state index contributed by atoms with van der Waals surface area (Å²) in [6, 6.07) is 33.3. The van der Waals surface area contributed by atoms with Crippen LogP contribution in [0.1, 0.15) is 24.2 Å². The Hall–Kier alpha value is -3.26. The number of fused-ring (bicyclic) bond motifs is 1. The van der Waals surface area contributed by atoms with Crippen LogP contribution in [-0.2, 0) is 6.54 Å². The van der Waals surface area contributed by atoms with Gasteiger partial charge in [0.05, 0.1) is 0 Å². The predicted octanol–water partition coefficient (Wildman–Crippen LogP) is 6.59. The van der Waals surface area contributed by atoms with Crippen molar-refractivity contribution in [2.45, 2.75) is 19.6 Å². The summed E-state index contributed by atoms with van der Waals surface area (Å²) in [5.74, 6) is 0.909. The van der Waals surface area contributed by atoms with E-state index in [0.717, 1.165) is 23.4 Å². The highest BCUT2D eigenvalue weighted by molar-refractivity contribution is 5.97. The van der Waals surface area contributed by atoms with Crippen LogP contribution in [0.3, 0.4) is 0 Å². The van der Waals surface area contributed by atoms with Crippen LogP contribution >= 0.6 is 0 Å². The zero-order valence-electron chi connectivity index (χ0n) is 15.4. The molecule has 2 heteroatoms. The number of nitrogens with one attached hydrogen (secondary N) is 1. The van der Waals surface area contributed by atoms with Crippen LogP contribution in [0.15, 0.2) is 97.1 Å². The molecular formula is C25H23NO. The van der Waals surface area contributed by atoms with E-state index in [2.05, 4.69) is 85.0 Å². The number of hydrogen-bond acceptors (Lipinski definition) is 2. The molecule has 0 bridgehead atoms. The standard InChI is InChI=1S/C25H23NO/c1-19(21-12-6-3-7-13-21)27-25-17-16-24(22-14-8-9-15-23(22)25)26-18-20-10-4-2-5-11-20/h2-17,19,26H,18H2,1H3. The van der Waals surface area contributed by atoms with E-state index in [9.17, 15) is 0 Å². The maximum Gasteiger partial charge on any atom is 0.128 e. The first-order valence-electron chi connectivity index (χ1n) is 9.32. The van der Waals surface area contributed by atoms with Gasteiger partial charge in [-0.2, -0.15) is 0 Å². The Labute approximate surface area is 160 Å². The third-order valence-electron chi connectivity index (χ3n) is 4.78. The van der Waals surface area contributed by atoms with Gasteiger partial charge in [0, 0.05) is 23.0 Å². The molecule has 2 nitrogen and oxygen atoms in total. The molecule has 0 saturated carbocycles. The third kappa shape index (κ3) is 3.95. The molecular weight excluding hydrogens is 330 g/mol. The highest BCUT2D eigenvalue weighted by Crippen LogP contribution is 2.34. The van der Waals surface area contributed by atoms with Crippen LogP contribution in [0, 0.1) is 0 Å². The molecule has 4 aromatic rings. The highest BCUT2D eigenvalue weighted by Gasteiger charge is 2.11. The third-order valence-corrected chi connectivity index (χ3v) is 4.78. The van der Waals surface area contributed by atoms with Gasteiger partial charge in [-0.05, 0) is 30.2 Å². The molecule has 1 N–H and O–H groups in total. The zero-order valence-corrected chi connectivity index (χ0v) is 15.4. The zero-order chi connectivity index (χ0) is 18.5. The number of rotatable bonds is 6. The van der Waals surface area contributed by atoms with Crippen molar-refractivity contribution in [2.24, 2.45) is 0 Å². The predicted molar refractivity (Wildman–Crippen MR) is 113 cm³/mol. The molecule has 1 atom stereocenters. The largest absolute Gasteiger partial charge is 0.485 e. The molecule has 0 aliphatic rings. The summed E-state index contributed by atoms with van der Waals surface area (Å²) in [5, 5.41) is 5.86. The first-order valence-corrected chi connectivity index (χ1v) is 9.32. The Morgan fingerprint density at radius 3 is 2.07 bits per heavy atom. The second-order valence-electron chi connectivity index (χ2n) is 6.67. The smallest absolute Gasteiger partial charge is 0.128 e. The summed E-state index contributed by atoms with van der Waals surface area (Å²) in [4.78, 5) is 0. The molecule has 27 heavy (non-hydrogen) atoms. The van der Waals surface area contributed by atoms with Gasteiger partial charge in [0.2, 0.25) is 0 Å². The Kier molecular flexibility index (Phi) is 5.06. The normalized spacial score (nSPS) is 11.9. The molecule has 0 saturated heterocycles. The molecule has 0 aliphatic carbocycles. The molecule has 0 heterocycles. The summed E-state index contributed by atoms with van der Waals surface area (Å²) in [6.45, 7) is 2.89. The van der Waals surface area contributed by atoms with Crippen LogP contribution in [-0.4, -0.2) is 0 Å². The maximum atomic E-state index is 6.30. The topological polar surface area (TPSA) is 21.3 Å². The van der Waals surface area contributed by atoms with E-state index >= 15 is 0 Å². The van der Waals surface area contributed by atoms with Gasteiger partial charge in [0.15, 0.2) is 0 Å². The van der Waals surface area contributed by atoms with Crippen molar-refractivity contribution in [1.82, 2.24) is 0 Å². The van der Waals surface area contributed by atoms with E-state index in [1.807, 2.05) is 24.3 Å². The van der Waals surface area contributed by atoms with Crippen molar-refractivity contribution < 1.29 is 4.74 Å². The number of anilines is 1. The van der Waals surface area contributed by atoms with Gasteiger partial charge in [0.25, 0.3) is 0 Å². The van der Waals surface area contributed by atoms with Crippen molar-refractivity contribution in [2.75, 3.05) is 5.32 Å². The van der Waals surface area contributed by atoms with E-state index in [1.165, 1.54) is 16.5 Å². The van der Waals surface area contributed by atoms with Crippen LogP contribution < -0.4 is 10.1 Å². The summed E-state index contributed by atoms with van der Waals surface area (Å²) in [6.07, 6.45) is -0.00210. The molecule has 0 aromatic heterocycles. The van der Waals surface area contributed by atoms with Gasteiger partial charge in [-0.15, -0.1) is 0 Å². The fraction of sp³-hybridized carbons (Fsp3) is 0.120. The SMILES string of the molecule is CC(Oc1ccc(NCc2ccccc2)c2ccccc12)c1ccccc1. The van der Waals surface area contributed by atoms with Crippen LogP contribution in [0.2, 0.25) is 0 Å².